The molecule has 1 aromatic rings. The maximum Gasteiger partial charge on any atom is 0.0605 e. The van der Waals surface area contributed by atoms with E-state index in [0.717, 1.165) is 0 Å². The molecule has 4 atom stereocenters. The first-order valence-corrected chi connectivity index (χ1v) is 6.05. The Hall–Kier alpha value is -0.820. The Balaban J connectivity index is 2.03. The first-order chi connectivity index (χ1) is 7.29. The zero-order chi connectivity index (χ0) is 10.4. The summed E-state index contributed by atoms with van der Waals surface area (Å²) in [4.78, 5) is 0. The molecule has 1 heteroatoms. The van der Waals surface area contributed by atoms with Crippen LogP contribution in [0.2, 0.25) is 0 Å². The molecule has 80 valence electrons. The number of hydrogen-bond acceptors (Lipinski definition) is 1. The molecule has 0 spiro atoms. The molecule has 0 saturated heterocycles. The number of benzene rings is 1. The summed E-state index contributed by atoms with van der Waals surface area (Å²) < 4.78 is 0. The third-order valence-corrected chi connectivity index (χ3v) is 4.40. The van der Waals surface area contributed by atoms with Gasteiger partial charge >= 0.3 is 0 Å². The number of aliphatic hydroxyl groups excluding tert-OH is 1. The lowest BCUT2D eigenvalue weighted by Crippen LogP contribution is -2.47. The highest BCUT2D eigenvalue weighted by Gasteiger charge is 2.48. The molecule has 2 aliphatic carbocycles. The van der Waals surface area contributed by atoms with Gasteiger partial charge in [0.2, 0.25) is 0 Å². The van der Waals surface area contributed by atoms with Crippen LogP contribution in [-0.2, 0) is 6.42 Å². The second kappa shape index (κ2) is 3.34. The van der Waals surface area contributed by atoms with Crippen LogP contribution in [0.25, 0.3) is 0 Å². The molecule has 0 heterocycles. The van der Waals surface area contributed by atoms with Gasteiger partial charge in [0, 0.05) is 0 Å². The normalized spacial score (nSPS) is 38.5. The smallest absolute Gasteiger partial charge is 0.0605 e. The van der Waals surface area contributed by atoms with Gasteiger partial charge in [-0.3, -0.25) is 0 Å². The first-order valence-electron chi connectivity index (χ1n) is 6.05. The Labute approximate surface area is 91.1 Å². The van der Waals surface area contributed by atoms with Crippen molar-refractivity contribution >= 4 is 0 Å². The van der Waals surface area contributed by atoms with E-state index in [0.29, 0.717) is 17.8 Å². The largest absolute Gasteiger partial charge is 0.393 e. The SMILES string of the molecule is CC1C(O)C2CCCc3ccccc3C12. The van der Waals surface area contributed by atoms with Crippen LogP contribution in [0.4, 0.5) is 0 Å². The van der Waals surface area contributed by atoms with Crippen molar-refractivity contribution in [1.29, 1.82) is 0 Å². The second-order valence-electron chi connectivity index (χ2n) is 5.13. The lowest BCUT2D eigenvalue weighted by molar-refractivity contribution is -0.0593. The molecule has 1 saturated carbocycles. The molecule has 4 unspecified atom stereocenters. The fourth-order valence-electron chi connectivity index (χ4n) is 3.54. The predicted molar refractivity (Wildman–Crippen MR) is 60.8 cm³/mol. The molecule has 1 nitrogen and oxygen atoms in total. The molecule has 0 aliphatic heterocycles. The Morgan fingerprint density at radius 2 is 2.07 bits per heavy atom. The molecular weight excluding hydrogens is 184 g/mol. The molecule has 1 fully saturated rings. The van der Waals surface area contributed by atoms with E-state index in [1.165, 1.54) is 30.4 Å². The van der Waals surface area contributed by atoms with Crippen LogP contribution >= 0.6 is 0 Å². The van der Waals surface area contributed by atoms with Gasteiger partial charge in [-0.2, -0.15) is 0 Å². The molecule has 0 radical (unpaired) electrons. The van der Waals surface area contributed by atoms with Crippen molar-refractivity contribution in [2.24, 2.45) is 11.8 Å². The van der Waals surface area contributed by atoms with Crippen LogP contribution < -0.4 is 0 Å². The van der Waals surface area contributed by atoms with Gasteiger partial charge in [-0.25, -0.2) is 0 Å². The van der Waals surface area contributed by atoms with Crippen LogP contribution in [0, 0.1) is 11.8 Å². The lowest BCUT2D eigenvalue weighted by atomic mass is 9.59. The fourth-order valence-corrected chi connectivity index (χ4v) is 3.54. The Kier molecular flexibility index (Phi) is 2.10. The molecule has 3 rings (SSSR count). The van der Waals surface area contributed by atoms with Crippen molar-refractivity contribution in [3.05, 3.63) is 35.4 Å². The highest BCUT2D eigenvalue weighted by molar-refractivity contribution is 5.35. The Morgan fingerprint density at radius 3 is 2.93 bits per heavy atom. The molecule has 1 aromatic carbocycles. The standard InChI is InChI=1S/C14H18O/c1-9-13-11-7-3-2-5-10(11)6-4-8-12(13)14(9)15/h2-3,5,7,9,12-15H,4,6,8H2,1H3. The number of aliphatic hydroxyl groups is 1. The quantitative estimate of drug-likeness (QED) is 0.686. The van der Waals surface area contributed by atoms with Crippen molar-refractivity contribution in [2.75, 3.05) is 0 Å². The molecule has 0 bridgehead atoms. The monoisotopic (exact) mass is 202 g/mol. The average molecular weight is 202 g/mol. The first kappa shape index (κ1) is 9.41. The third kappa shape index (κ3) is 1.26. The van der Waals surface area contributed by atoms with Gasteiger partial charge in [0.1, 0.15) is 0 Å². The predicted octanol–water partition coefficient (Wildman–Crippen LogP) is 2.73. The lowest BCUT2D eigenvalue weighted by Gasteiger charge is -2.48. The van der Waals surface area contributed by atoms with Crippen molar-refractivity contribution < 1.29 is 5.11 Å². The van der Waals surface area contributed by atoms with Gasteiger partial charge in [-0.1, -0.05) is 31.2 Å². The van der Waals surface area contributed by atoms with E-state index in [1.54, 1.807) is 0 Å². The zero-order valence-electron chi connectivity index (χ0n) is 9.19. The number of hydrogen-bond donors (Lipinski definition) is 1. The maximum absolute atomic E-state index is 9.96. The topological polar surface area (TPSA) is 20.2 Å². The van der Waals surface area contributed by atoms with E-state index >= 15 is 0 Å². The van der Waals surface area contributed by atoms with Gasteiger partial charge in [0.05, 0.1) is 6.10 Å². The summed E-state index contributed by atoms with van der Waals surface area (Å²) in [5.41, 5.74) is 3.03. The van der Waals surface area contributed by atoms with Crippen LogP contribution in [-0.4, -0.2) is 11.2 Å². The highest BCUT2D eigenvalue weighted by Crippen LogP contribution is 2.52. The van der Waals surface area contributed by atoms with Crippen LogP contribution in [0.15, 0.2) is 24.3 Å². The van der Waals surface area contributed by atoms with E-state index in [-0.39, 0.29) is 6.10 Å². The number of fused-ring (bicyclic) bond motifs is 3. The summed E-state index contributed by atoms with van der Waals surface area (Å²) in [5.74, 6) is 1.61. The summed E-state index contributed by atoms with van der Waals surface area (Å²) >= 11 is 0. The third-order valence-electron chi connectivity index (χ3n) is 4.40. The molecule has 2 aliphatic rings. The van der Waals surface area contributed by atoms with Gasteiger partial charge in [0.15, 0.2) is 0 Å². The molecular formula is C14H18O. The van der Waals surface area contributed by atoms with Gasteiger partial charge in [0.25, 0.3) is 0 Å². The van der Waals surface area contributed by atoms with E-state index in [9.17, 15) is 5.11 Å². The molecule has 0 amide bonds. The van der Waals surface area contributed by atoms with Crippen LogP contribution in [0.1, 0.15) is 36.8 Å². The van der Waals surface area contributed by atoms with Crippen LogP contribution in [0.3, 0.4) is 0 Å². The van der Waals surface area contributed by atoms with E-state index in [4.69, 9.17) is 0 Å². The minimum atomic E-state index is -0.0545. The van der Waals surface area contributed by atoms with Gasteiger partial charge in [-0.15, -0.1) is 0 Å². The molecule has 1 N–H and O–H groups in total. The van der Waals surface area contributed by atoms with E-state index < -0.39 is 0 Å². The summed E-state index contributed by atoms with van der Waals surface area (Å²) in [6, 6.07) is 8.80. The summed E-state index contributed by atoms with van der Waals surface area (Å²) in [7, 11) is 0. The maximum atomic E-state index is 9.96. The average Bonchev–Trinajstić information content (AvgIpc) is 2.45. The fraction of sp³-hybridized carbons (Fsp3) is 0.571. The van der Waals surface area contributed by atoms with Gasteiger partial charge < -0.3 is 5.11 Å². The number of rotatable bonds is 0. The minimum Gasteiger partial charge on any atom is -0.393 e. The summed E-state index contributed by atoms with van der Waals surface area (Å²) in [6.07, 6.45) is 3.58. The Bertz CT molecular complexity index is 371. The van der Waals surface area contributed by atoms with Crippen LogP contribution in [0.5, 0.6) is 0 Å². The van der Waals surface area contributed by atoms with Crippen molar-refractivity contribution in [3.8, 4) is 0 Å². The summed E-state index contributed by atoms with van der Waals surface area (Å²) in [5, 5.41) is 9.96. The van der Waals surface area contributed by atoms with E-state index in [2.05, 4.69) is 31.2 Å². The van der Waals surface area contributed by atoms with E-state index in [1.807, 2.05) is 0 Å². The second-order valence-corrected chi connectivity index (χ2v) is 5.13. The van der Waals surface area contributed by atoms with Crippen molar-refractivity contribution in [3.63, 3.8) is 0 Å². The van der Waals surface area contributed by atoms with Crippen molar-refractivity contribution in [2.45, 2.75) is 38.2 Å². The van der Waals surface area contributed by atoms with Gasteiger partial charge in [-0.05, 0) is 48.1 Å². The minimum absolute atomic E-state index is 0.0545. The zero-order valence-corrected chi connectivity index (χ0v) is 9.19. The summed E-state index contributed by atoms with van der Waals surface area (Å²) in [6.45, 7) is 2.19. The number of aryl methyl sites for hydroxylation is 1. The molecule has 0 aromatic heterocycles. The van der Waals surface area contributed by atoms with Crippen molar-refractivity contribution in [1.82, 2.24) is 0 Å². The Morgan fingerprint density at radius 1 is 1.27 bits per heavy atom. The molecule has 15 heavy (non-hydrogen) atoms. The highest BCUT2D eigenvalue weighted by atomic mass is 16.3.